The summed E-state index contributed by atoms with van der Waals surface area (Å²) in [4.78, 5) is 11.2. The molecule has 0 aliphatic rings. The number of primary amides is 1. The molecule has 0 radical (unpaired) electrons. The van der Waals surface area contributed by atoms with Crippen molar-refractivity contribution in [1.82, 2.24) is 5.32 Å². The van der Waals surface area contributed by atoms with Crippen molar-refractivity contribution in [1.29, 1.82) is 0 Å². The van der Waals surface area contributed by atoms with Gasteiger partial charge in [0, 0.05) is 13.1 Å². The number of rotatable bonds is 6. The van der Waals surface area contributed by atoms with E-state index in [0.717, 1.165) is 5.56 Å². The van der Waals surface area contributed by atoms with Crippen molar-refractivity contribution >= 4 is 5.91 Å². The summed E-state index contributed by atoms with van der Waals surface area (Å²) < 4.78 is 0. The maximum Gasteiger partial charge on any atom is 0.224 e. The van der Waals surface area contributed by atoms with Gasteiger partial charge in [0.25, 0.3) is 0 Å². The van der Waals surface area contributed by atoms with Crippen LogP contribution in [-0.4, -0.2) is 24.1 Å². The molecule has 0 saturated carbocycles. The molecule has 1 unspecified atom stereocenters. The van der Waals surface area contributed by atoms with E-state index < -0.39 is 11.0 Å². The average Bonchev–Trinajstić information content (AvgIpc) is 2.29. The number of benzene rings is 1. The molecule has 1 amide bonds. The summed E-state index contributed by atoms with van der Waals surface area (Å²) in [5, 5.41) is 13.4. The molecule has 1 aromatic rings. The number of nitrogens with two attached hydrogens (primary N) is 1. The Labute approximate surface area is 108 Å². The zero-order valence-electron chi connectivity index (χ0n) is 11.2. The summed E-state index contributed by atoms with van der Waals surface area (Å²) in [6.45, 7) is 6.10. The fraction of sp³-hybridized carbons (Fsp3) is 0.500. The predicted molar refractivity (Wildman–Crippen MR) is 71.9 cm³/mol. The largest absolute Gasteiger partial charge is 0.384 e. The molecule has 0 aliphatic carbocycles. The maximum absolute atomic E-state index is 11.2. The molecule has 0 aromatic heterocycles. The predicted octanol–water partition coefficient (Wildman–Crippen LogP) is 0.995. The quantitative estimate of drug-likeness (QED) is 0.705. The number of nitrogens with one attached hydrogen (secondary N) is 1. The second kappa shape index (κ2) is 5.50. The molecule has 18 heavy (non-hydrogen) atoms. The normalized spacial score (nSPS) is 15.1. The van der Waals surface area contributed by atoms with Crippen molar-refractivity contribution in [2.24, 2.45) is 11.1 Å². The molecular formula is C14H22N2O2. The minimum absolute atomic E-state index is 0.352. The lowest BCUT2D eigenvalue weighted by Gasteiger charge is -2.27. The van der Waals surface area contributed by atoms with Crippen LogP contribution in [0.3, 0.4) is 0 Å². The van der Waals surface area contributed by atoms with Gasteiger partial charge in [0.1, 0.15) is 0 Å². The zero-order valence-corrected chi connectivity index (χ0v) is 11.2. The summed E-state index contributed by atoms with van der Waals surface area (Å²) in [6.07, 6.45) is 0. The molecule has 1 atom stereocenters. The number of carbonyl (C=O) groups excluding carboxylic acids is 1. The molecule has 100 valence electrons. The number of hydrogen-bond donors (Lipinski definition) is 3. The van der Waals surface area contributed by atoms with Gasteiger partial charge in [0.05, 0.1) is 11.0 Å². The van der Waals surface area contributed by atoms with Crippen LogP contribution in [0.25, 0.3) is 0 Å². The van der Waals surface area contributed by atoms with Crippen LogP contribution in [0.5, 0.6) is 0 Å². The Morgan fingerprint density at radius 1 is 1.22 bits per heavy atom. The van der Waals surface area contributed by atoms with Gasteiger partial charge < -0.3 is 16.2 Å². The Bertz CT molecular complexity index is 400. The van der Waals surface area contributed by atoms with Crippen molar-refractivity contribution in [2.45, 2.75) is 26.4 Å². The van der Waals surface area contributed by atoms with Crippen molar-refractivity contribution in [3.63, 3.8) is 0 Å². The zero-order chi connectivity index (χ0) is 13.8. The Hall–Kier alpha value is -1.39. The van der Waals surface area contributed by atoms with E-state index in [1.54, 1.807) is 20.8 Å². The van der Waals surface area contributed by atoms with Crippen LogP contribution >= 0.6 is 0 Å². The lowest BCUT2D eigenvalue weighted by molar-refractivity contribution is -0.125. The molecule has 0 bridgehead atoms. The minimum atomic E-state index is -0.963. The second-order valence-corrected chi connectivity index (χ2v) is 5.49. The van der Waals surface area contributed by atoms with Gasteiger partial charge in [-0.15, -0.1) is 0 Å². The number of carbonyl (C=O) groups is 1. The van der Waals surface area contributed by atoms with E-state index in [0.29, 0.717) is 13.1 Å². The summed E-state index contributed by atoms with van der Waals surface area (Å²) >= 11 is 0. The third-order valence-electron chi connectivity index (χ3n) is 3.10. The van der Waals surface area contributed by atoms with Gasteiger partial charge in [-0.25, -0.2) is 0 Å². The molecule has 1 aromatic carbocycles. The third kappa shape index (κ3) is 3.82. The summed E-state index contributed by atoms with van der Waals surface area (Å²) in [5.74, 6) is -0.352. The van der Waals surface area contributed by atoms with Crippen LogP contribution < -0.4 is 11.1 Å². The van der Waals surface area contributed by atoms with Crippen LogP contribution in [0.2, 0.25) is 0 Å². The smallest absolute Gasteiger partial charge is 0.224 e. The molecule has 0 heterocycles. The molecule has 4 N–H and O–H groups in total. The van der Waals surface area contributed by atoms with E-state index >= 15 is 0 Å². The van der Waals surface area contributed by atoms with Gasteiger partial charge in [0.2, 0.25) is 5.91 Å². The number of amides is 1. The Morgan fingerprint density at radius 2 is 1.78 bits per heavy atom. The molecule has 4 heteroatoms. The Kier molecular flexibility index (Phi) is 4.48. The molecule has 0 fully saturated rings. The molecule has 0 saturated heterocycles. The summed E-state index contributed by atoms with van der Waals surface area (Å²) in [7, 11) is 0. The second-order valence-electron chi connectivity index (χ2n) is 5.49. The first-order valence-corrected chi connectivity index (χ1v) is 6.04. The standard InChI is InChI=1S/C14H22N2O2/c1-13(2,12(15)17)9-16-10-14(3,18)11-7-5-4-6-8-11/h4-8,16,18H,9-10H2,1-3H3,(H2,15,17). The highest BCUT2D eigenvalue weighted by atomic mass is 16.3. The van der Waals surface area contributed by atoms with E-state index in [1.807, 2.05) is 30.3 Å². The van der Waals surface area contributed by atoms with Crippen molar-refractivity contribution < 1.29 is 9.90 Å². The number of aliphatic hydroxyl groups is 1. The fourth-order valence-corrected chi connectivity index (χ4v) is 1.60. The maximum atomic E-state index is 11.2. The van der Waals surface area contributed by atoms with Crippen molar-refractivity contribution in [3.05, 3.63) is 35.9 Å². The van der Waals surface area contributed by atoms with Crippen molar-refractivity contribution in [2.75, 3.05) is 13.1 Å². The van der Waals surface area contributed by atoms with E-state index in [2.05, 4.69) is 5.32 Å². The number of hydrogen-bond acceptors (Lipinski definition) is 3. The van der Waals surface area contributed by atoms with Crippen LogP contribution in [0.4, 0.5) is 0 Å². The van der Waals surface area contributed by atoms with Gasteiger partial charge in [-0.3, -0.25) is 4.79 Å². The lowest BCUT2D eigenvalue weighted by Crippen LogP contribution is -2.44. The van der Waals surface area contributed by atoms with Gasteiger partial charge in [-0.1, -0.05) is 30.3 Å². The first-order chi connectivity index (χ1) is 8.26. The highest BCUT2D eigenvalue weighted by Crippen LogP contribution is 2.20. The first kappa shape index (κ1) is 14.7. The average molecular weight is 250 g/mol. The monoisotopic (exact) mass is 250 g/mol. The van der Waals surface area contributed by atoms with E-state index in [4.69, 9.17) is 5.73 Å². The van der Waals surface area contributed by atoms with Crippen LogP contribution in [0.1, 0.15) is 26.3 Å². The fourth-order valence-electron chi connectivity index (χ4n) is 1.60. The SMILES string of the molecule is CC(C)(CNCC(C)(O)c1ccccc1)C(N)=O. The van der Waals surface area contributed by atoms with Crippen LogP contribution in [-0.2, 0) is 10.4 Å². The Balaban J connectivity index is 2.56. The minimum Gasteiger partial charge on any atom is -0.384 e. The summed E-state index contributed by atoms with van der Waals surface area (Å²) in [6, 6.07) is 9.43. The van der Waals surface area contributed by atoms with Gasteiger partial charge in [0.15, 0.2) is 0 Å². The summed E-state index contributed by atoms with van der Waals surface area (Å²) in [5.41, 5.74) is 4.55. The van der Waals surface area contributed by atoms with Gasteiger partial charge >= 0.3 is 0 Å². The van der Waals surface area contributed by atoms with Crippen molar-refractivity contribution in [3.8, 4) is 0 Å². The van der Waals surface area contributed by atoms with Gasteiger partial charge in [-0.05, 0) is 26.3 Å². The highest BCUT2D eigenvalue weighted by molar-refractivity contribution is 5.80. The topological polar surface area (TPSA) is 75.3 Å². The molecule has 0 aliphatic heterocycles. The van der Waals surface area contributed by atoms with E-state index in [9.17, 15) is 9.90 Å². The van der Waals surface area contributed by atoms with Crippen LogP contribution in [0.15, 0.2) is 30.3 Å². The van der Waals surface area contributed by atoms with Crippen LogP contribution in [0, 0.1) is 5.41 Å². The van der Waals surface area contributed by atoms with E-state index in [1.165, 1.54) is 0 Å². The lowest BCUT2D eigenvalue weighted by atomic mass is 9.91. The van der Waals surface area contributed by atoms with Gasteiger partial charge in [-0.2, -0.15) is 0 Å². The molecule has 0 spiro atoms. The molecule has 4 nitrogen and oxygen atoms in total. The highest BCUT2D eigenvalue weighted by Gasteiger charge is 2.27. The van der Waals surface area contributed by atoms with E-state index in [-0.39, 0.29) is 5.91 Å². The molecular weight excluding hydrogens is 228 g/mol. The first-order valence-electron chi connectivity index (χ1n) is 6.04. The third-order valence-corrected chi connectivity index (χ3v) is 3.10. The molecule has 1 rings (SSSR count). The Morgan fingerprint density at radius 3 is 2.28 bits per heavy atom.